The third kappa shape index (κ3) is 4.27. The van der Waals surface area contributed by atoms with Crippen molar-refractivity contribution in [2.24, 2.45) is 0 Å². The van der Waals surface area contributed by atoms with Crippen LogP contribution in [0.4, 0.5) is 0 Å². The molecule has 0 atom stereocenters. The minimum Gasteiger partial charge on any atom is -0.512 e. The predicted octanol–water partition coefficient (Wildman–Crippen LogP) is 6.03. The van der Waals surface area contributed by atoms with E-state index in [0.29, 0.717) is 21.0 Å². The van der Waals surface area contributed by atoms with Gasteiger partial charge in [-0.05, 0) is 53.3 Å². The third-order valence-corrected chi connectivity index (χ3v) is 7.59. The number of aliphatic hydroxyl groups is 1. The van der Waals surface area contributed by atoms with Crippen LogP contribution < -0.4 is 0 Å². The van der Waals surface area contributed by atoms with E-state index in [1.165, 1.54) is 19.9 Å². The molecule has 1 radical (unpaired) electrons. The maximum absolute atomic E-state index is 13.2. The van der Waals surface area contributed by atoms with E-state index in [4.69, 9.17) is 10.1 Å². The normalized spacial score (nSPS) is 13.9. The second kappa shape index (κ2) is 9.34. The third-order valence-electron chi connectivity index (χ3n) is 5.69. The first kappa shape index (κ1) is 24.7. The van der Waals surface area contributed by atoms with Crippen molar-refractivity contribution in [3.8, 4) is 22.4 Å². The Balaban J connectivity index is 0.000000320. The SMILES string of the molecule is CC(=O)C=C(C)O.O=S1(=O)c2ccccc2-c2cc[c-]c(-c3cc4c5c(cccc5n3)C=C4)c21.[Ir]. The first-order chi connectivity index (χ1) is 16.3. The van der Waals surface area contributed by atoms with Crippen molar-refractivity contribution in [3.05, 3.63) is 89.7 Å². The number of benzene rings is 3. The van der Waals surface area contributed by atoms with Crippen molar-refractivity contribution in [1.82, 2.24) is 4.98 Å². The molecular weight excluding hydrogens is 639 g/mol. The fourth-order valence-corrected chi connectivity index (χ4v) is 6.26. The number of aromatic nitrogens is 1. The van der Waals surface area contributed by atoms with Gasteiger partial charge in [0.25, 0.3) is 0 Å². The second-order valence-electron chi connectivity index (χ2n) is 8.16. The smallest absolute Gasteiger partial charge is 0.173 e. The van der Waals surface area contributed by atoms with Crippen LogP contribution in [0.1, 0.15) is 25.0 Å². The molecule has 1 aromatic heterocycles. The van der Waals surface area contributed by atoms with Gasteiger partial charge in [0.15, 0.2) is 15.6 Å². The van der Waals surface area contributed by atoms with Crippen molar-refractivity contribution in [3.63, 3.8) is 0 Å². The van der Waals surface area contributed by atoms with E-state index in [-0.39, 0.29) is 31.6 Å². The number of pyridine rings is 1. The molecular formula is C28H20IrNO4S-. The number of allylic oxidation sites excluding steroid dienone is 2. The van der Waals surface area contributed by atoms with Crippen LogP contribution >= 0.6 is 0 Å². The van der Waals surface area contributed by atoms with Crippen molar-refractivity contribution in [2.75, 3.05) is 0 Å². The van der Waals surface area contributed by atoms with Gasteiger partial charge in [-0.2, -0.15) is 0 Å². The molecule has 177 valence electrons. The Morgan fingerprint density at radius 1 is 0.971 bits per heavy atom. The number of rotatable bonds is 2. The Bertz CT molecular complexity index is 1670. The molecule has 7 heteroatoms. The zero-order valence-electron chi connectivity index (χ0n) is 18.9. The molecule has 0 unspecified atom stereocenters. The summed E-state index contributed by atoms with van der Waals surface area (Å²) >= 11 is 0. The van der Waals surface area contributed by atoms with Gasteiger partial charge in [0.05, 0.1) is 16.2 Å². The molecule has 35 heavy (non-hydrogen) atoms. The van der Waals surface area contributed by atoms with E-state index in [9.17, 15) is 13.2 Å². The quantitative estimate of drug-likeness (QED) is 0.140. The summed E-state index contributed by atoms with van der Waals surface area (Å²) in [5, 5.41) is 9.47. The molecule has 1 aliphatic carbocycles. The van der Waals surface area contributed by atoms with E-state index in [1.54, 1.807) is 18.2 Å². The zero-order valence-corrected chi connectivity index (χ0v) is 22.1. The Hall–Kier alpha value is -3.38. The summed E-state index contributed by atoms with van der Waals surface area (Å²) in [5.74, 6) is -0.0625. The summed E-state index contributed by atoms with van der Waals surface area (Å²) in [5.41, 5.74) is 5.71. The zero-order chi connectivity index (χ0) is 24.0. The van der Waals surface area contributed by atoms with Gasteiger partial charge < -0.3 is 5.11 Å². The number of ketones is 1. The van der Waals surface area contributed by atoms with E-state index in [1.807, 2.05) is 36.4 Å². The number of nitrogens with zero attached hydrogens (tertiary/aromatic N) is 1. The molecule has 0 fully saturated rings. The monoisotopic (exact) mass is 659 g/mol. The molecule has 0 bridgehead atoms. The van der Waals surface area contributed by atoms with Crippen LogP contribution in [0.15, 0.2) is 82.3 Å². The first-order valence-corrected chi connectivity index (χ1v) is 12.1. The number of hydrogen-bond acceptors (Lipinski definition) is 5. The van der Waals surface area contributed by atoms with Crippen LogP contribution in [0.3, 0.4) is 0 Å². The van der Waals surface area contributed by atoms with Crippen LogP contribution in [0.25, 0.3) is 45.4 Å². The number of aliphatic hydroxyl groups excluding tert-OH is 1. The van der Waals surface area contributed by atoms with Crippen LogP contribution in [0.5, 0.6) is 0 Å². The molecule has 0 saturated heterocycles. The molecule has 2 heterocycles. The van der Waals surface area contributed by atoms with Gasteiger partial charge in [-0.3, -0.25) is 9.78 Å². The summed E-state index contributed by atoms with van der Waals surface area (Å²) < 4.78 is 26.5. The van der Waals surface area contributed by atoms with Gasteiger partial charge in [-0.15, -0.1) is 23.8 Å². The molecule has 1 N–H and O–H groups in total. The number of fused-ring (bicyclic) bond motifs is 3. The average Bonchev–Trinajstić information content (AvgIpc) is 3.32. The summed E-state index contributed by atoms with van der Waals surface area (Å²) in [6.45, 7) is 2.85. The minimum atomic E-state index is -3.59. The Labute approximate surface area is 217 Å². The van der Waals surface area contributed by atoms with Gasteiger partial charge in [0, 0.05) is 31.6 Å². The first-order valence-electron chi connectivity index (χ1n) is 10.7. The molecule has 2 aliphatic rings. The molecule has 5 nitrogen and oxygen atoms in total. The van der Waals surface area contributed by atoms with Crippen LogP contribution in [-0.4, -0.2) is 24.3 Å². The Kier molecular flexibility index (Phi) is 6.60. The summed E-state index contributed by atoms with van der Waals surface area (Å²) in [7, 11) is -3.59. The van der Waals surface area contributed by atoms with E-state index < -0.39 is 9.84 Å². The van der Waals surface area contributed by atoms with Gasteiger partial charge in [-0.1, -0.05) is 54.1 Å². The molecule has 1 aliphatic heterocycles. The molecule has 0 amide bonds. The standard InChI is InChI=1S/C23H12NO2S.C5H8O2.Ir/c25-27(26)21-10-2-1-6-16(21)17-7-4-8-18(23(17)27)20-13-15-12-11-14-5-3-9-19(24-20)22(14)15;1-4(6)3-5(2)7;/h1-7,9-13H;3,6H,1-2H3;/q-1;;. The fourth-order valence-electron chi connectivity index (χ4n) is 4.42. The van der Waals surface area contributed by atoms with Crippen molar-refractivity contribution < 1.29 is 38.4 Å². The van der Waals surface area contributed by atoms with Gasteiger partial charge >= 0.3 is 0 Å². The predicted molar refractivity (Wildman–Crippen MR) is 133 cm³/mol. The van der Waals surface area contributed by atoms with Crippen molar-refractivity contribution in [2.45, 2.75) is 23.6 Å². The largest absolute Gasteiger partial charge is 0.512 e. The van der Waals surface area contributed by atoms with Crippen LogP contribution in [-0.2, 0) is 34.7 Å². The second-order valence-corrected chi connectivity index (χ2v) is 10.0. The molecule has 3 aromatic carbocycles. The minimum absolute atomic E-state index is 0. The number of carbonyl (C=O) groups excluding carboxylic acids is 1. The fraction of sp³-hybridized carbons (Fsp3) is 0.0714. The summed E-state index contributed by atoms with van der Waals surface area (Å²) in [6.07, 6.45) is 5.28. The molecule has 6 rings (SSSR count). The average molecular weight is 659 g/mol. The van der Waals surface area contributed by atoms with Crippen molar-refractivity contribution in [1.29, 1.82) is 0 Å². The van der Waals surface area contributed by atoms with Gasteiger partial charge in [0.1, 0.15) is 0 Å². The maximum Gasteiger partial charge on any atom is 0.173 e. The van der Waals surface area contributed by atoms with E-state index >= 15 is 0 Å². The molecule has 0 spiro atoms. The number of sulfone groups is 1. The maximum atomic E-state index is 13.2. The Morgan fingerprint density at radius 2 is 1.71 bits per heavy atom. The van der Waals surface area contributed by atoms with Crippen molar-refractivity contribution >= 4 is 38.7 Å². The van der Waals surface area contributed by atoms with Crippen LogP contribution in [0, 0.1) is 6.07 Å². The topological polar surface area (TPSA) is 84.3 Å². The van der Waals surface area contributed by atoms with Gasteiger partial charge in [-0.25, -0.2) is 8.42 Å². The molecule has 0 saturated carbocycles. The Morgan fingerprint density at radius 3 is 2.43 bits per heavy atom. The van der Waals surface area contributed by atoms with E-state index in [2.05, 4.69) is 24.3 Å². The summed E-state index contributed by atoms with van der Waals surface area (Å²) in [6, 6.07) is 21.8. The summed E-state index contributed by atoms with van der Waals surface area (Å²) in [4.78, 5) is 15.5. The van der Waals surface area contributed by atoms with Gasteiger partial charge in [0.2, 0.25) is 0 Å². The number of hydrogen-bond donors (Lipinski definition) is 1. The number of carbonyl (C=O) groups is 1. The molecule has 4 aromatic rings. The van der Waals surface area contributed by atoms with E-state index in [0.717, 1.165) is 33.2 Å². The van der Waals surface area contributed by atoms with Crippen LogP contribution in [0.2, 0.25) is 0 Å².